The largest absolute Gasteiger partial charge is 0.478 e. The van der Waals surface area contributed by atoms with Crippen molar-refractivity contribution in [3.05, 3.63) is 63.7 Å². The highest BCUT2D eigenvalue weighted by molar-refractivity contribution is 7.89. The van der Waals surface area contributed by atoms with Gasteiger partial charge in [0.1, 0.15) is 5.69 Å². The number of aromatic carboxylic acids is 1. The van der Waals surface area contributed by atoms with Gasteiger partial charge in [0.15, 0.2) is 0 Å². The molecule has 0 aliphatic carbocycles. The number of nitrogens with one attached hydrogen (secondary N) is 1. The molecule has 0 spiro atoms. The minimum atomic E-state index is -3.83. The van der Waals surface area contributed by atoms with Crippen LogP contribution < -0.4 is 5.43 Å². The molecule has 0 aromatic heterocycles. The average Bonchev–Trinajstić information content (AvgIpc) is 2.69. The lowest BCUT2D eigenvalue weighted by atomic mass is 10.1. The first kappa shape index (κ1) is 22.0. The van der Waals surface area contributed by atoms with E-state index in [0.29, 0.717) is 5.56 Å². The van der Waals surface area contributed by atoms with E-state index in [0.717, 1.165) is 6.07 Å². The average molecular weight is 420 g/mol. The van der Waals surface area contributed by atoms with Crippen molar-refractivity contribution in [2.45, 2.75) is 18.7 Å². The van der Waals surface area contributed by atoms with Gasteiger partial charge in [-0.25, -0.2) is 13.2 Å². The lowest BCUT2D eigenvalue weighted by Crippen LogP contribution is -2.30. The quantitative estimate of drug-likeness (QED) is 0.361. The highest BCUT2D eigenvalue weighted by atomic mass is 32.2. The number of benzene rings is 2. The van der Waals surface area contributed by atoms with Gasteiger partial charge in [0, 0.05) is 19.2 Å². The first-order chi connectivity index (χ1) is 13.7. The van der Waals surface area contributed by atoms with Gasteiger partial charge in [0.25, 0.3) is 5.69 Å². The standard InChI is InChI=1S/C18H20N4O6S/c1-3-21(4-2)29(27,28)15-9-10-16(17(11-15)22(25)26)20-19-12-13-5-7-14(8-6-13)18(23)24/h5-12,20H,3-4H2,1-2H3,(H,23,24). The van der Waals surface area contributed by atoms with Gasteiger partial charge in [-0.2, -0.15) is 9.41 Å². The molecule has 0 fully saturated rings. The van der Waals surface area contributed by atoms with E-state index in [1.807, 2.05) is 0 Å². The summed E-state index contributed by atoms with van der Waals surface area (Å²) < 4.78 is 26.3. The van der Waals surface area contributed by atoms with Crippen molar-refractivity contribution >= 4 is 33.6 Å². The summed E-state index contributed by atoms with van der Waals surface area (Å²) in [6.07, 6.45) is 1.36. The first-order valence-corrected chi connectivity index (χ1v) is 10.1. The Balaban J connectivity index is 2.27. The Kier molecular flexibility index (Phi) is 7.02. The maximum Gasteiger partial charge on any atom is 0.335 e. The monoisotopic (exact) mass is 420 g/mol. The van der Waals surface area contributed by atoms with E-state index in [9.17, 15) is 23.3 Å². The molecular formula is C18H20N4O6S. The molecule has 0 unspecified atom stereocenters. The van der Waals surface area contributed by atoms with Crippen LogP contribution >= 0.6 is 0 Å². The van der Waals surface area contributed by atoms with Gasteiger partial charge in [-0.1, -0.05) is 26.0 Å². The summed E-state index contributed by atoms with van der Waals surface area (Å²) in [7, 11) is -3.83. The van der Waals surface area contributed by atoms with Crippen LogP contribution in [0, 0.1) is 10.1 Å². The Hall–Kier alpha value is -3.31. The molecule has 0 bridgehead atoms. The third-order valence-corrected chi connectivity index (χ3v) is 6.11. The van der Waals surface area contributed by atoms with E-state index in [1.54, 1.807) is 13.8 Å². The summed E-state index contributed by atoms with van der Waals surface area (Å²) in [5, 5.41) is 24.2. The molecule has 2 aromatic rings. The summed E-state index contributed by atoms with van der Waals surface area (Å²) >= 11 is 0. The van der Waals surface area contributed by atoms with Gasteiger partial charge >= 0.3 is 5.97 Å². The summed E-state index contributed by atoms with van der Waals surface area (Å²) in [5.41, 5.74) is 2.80. The number of nitro groups is 1. The van der Waals surface area contributed by atoms with Gasteiger partial charge in [0.2, 0.25) is 10.0 Å². The Morgan fingerprint density at radius 2 is 1.83 bits per heavy atom. The van der Waals surface area contributed by atoms with Gasteiger partial charge < -0.3 is 5.11 Å². The topological polar surface area (TPSA) is 142 Å². The van der Waals surface area contributed by atoms with Gasteiger partial charge in [-0.05, 0) is 29.8 Å². The van der Waals surface area contributed by atoms with E-state index in [2.05, 4.69) is 10.5 Å². The fraction of sp³-hybridized carbons (Fsp3) is 0.222. The first-order valence-electron chi connectivity index (χ1n) is 8.61. The lowest BCUT2D eigenvalue weighted by molar-refractivity contribution is -0.384. The van der Waals surface area contributed by atoms with E-state index < -0.39 is 26.6 Å². The Morgan fingerprint density at radius 3 is 2.34 bits per heavy atom. The van der Waals surface area contributed by atoms with Crippen molar-refractivity contribution in [2.24, 2.45) is 5.10 Å². The van der Waals surface area contributed by atoms with Crippen LogP contribution in [0.2, 0.25) is 0 Å². The van der Waals surface area contributed by atoms with E-state index in [1.165, 1.54) is 46.9 Å². The lowest BCUT2D eigenvalue weighted by Gasteiger charge is -2.18. The molecule has 0 radical (unpaired) electrons. The maximum absolute atomic E-state index is 12.6. The molecule has 0 atom stereocenters. The van der Waals surface area contributed by atoms with Crippen LogP contribution in [-0.4, -0.2) is 48.0 Å². The Bertz CT molecular complexity index is 1030. The van der Waals surface area contributed by atoms with Crippen LogP contribution in [0.25, 0.3) is 0 Å². The Labute approximate surface area is 167 Å². The number of carboxylic acid groups (broad SMARTS) is 1. The number of anilines is 1. The molecule has 2 N–H and O–H groups in total. The summed E-state index contributed by atoms with van der Waals surface area (Å²) in [5.74, 6) is -1.05. The highest BCUT2D eigenvalue weighted by Crippen LogP contribution is 2.29. The predicted molar refractivity (Wildman–Crippen MR) is 108 cm³/mol. The zero-order chi connectivity index (χ0) is 21.6. The minimum Gasteiger partial charge on any atom is -0.478 e. The second kappa shape index (κ2) is 9.26. The number of carboxylic acids is 1. The van der Waals surface area contributed by atoms with Crippen LogP contribution in [0.4, 0.5) is 11.4 Å². The third-order valence-electron chi connectivity index (χ3n) is 4.07. The van der Waals surface area contributed by atoms with Crippen molar-refractivity contribution in [2.75, 3.05) is 18.5 Å². The SMILES string of the molecule is CCN(CC)S(=O)(=O)c1ccc(NN=Cc2ccc(C(=O)O)cc2)c([N+](=O)[O-])c1. The fourth-order valence-electron chi connectivity index (χ4n) is 2.52. The number of carbonyl (C=O) groups is 1. The van der Waals surface area contributed by atoms with Crippen LogP contribution in [0.1, 0.15) is 29.8 Å². The molecule has 154 valence electrons. The second-order valence-corrected chi connectivity index (χ2v) is 7.76. The van der Waals surface area contributed by atoms with E-state index in [4.69, 9.17) is 5.11 Å². The maximum atomic E-state index is 12.6. The van der Waals surface area contributed by atoms with Crippen molar-refractivity contribution in [3.8, 4) is 0 Å². The van der Waals surface area contributed by atoms with Gasteiger partial charge in [-0.3, -0.25) is 15.5 Å². The molecule has 0 saturated heterocycles. The number of nitro benzene ring substituents is 1. The molecule has 29 heavy (non-hydrogen) atoms. The molecule has 0 aliphatic heterocycles. The van der Waals surface area contributed by atoms with E-state index in [-0.39, 0.29) is 29.2 Å². The van der Waals surface area contributed by atoms with Crippen LogP contribution in [0.3, 0.4) is 0 Å². The minimum absolute atomic E-state index is 0.0203. The summed E-state index contributed by atoms with van der Waals surface area (Å²) in [6, 6.07) is 9.41. The second-order valence-electron chi connectivity index (χ2n) is 5.82. The van der Waals surface area contributed by atoms with Crippen LogP contribution in [0.5, 0.6) is 0 Å². The summed E-state index contributed by atoms with van der Waals surface area (Å²) in [4.78, 5) is 21.4. The molecule has 0 aliphatic rings. The van der Waals surface area contributed by atoms with Crippen molar-refractivity contribution in [1.29, 1.82) is 0 Å². The molecule has 2 aromatic carbocycles. The van der Waals surface area contributed by atoms with Crippen molar-refractivity contribution < 1.29 is 23.2 Å². The molecule has 11 heteroatoms. The fourth-order valence-corrected chi connectivity index (χ4v) is 4.00. The zero-order valence-corrected chi connectivity index (χ0v) is 16.6. The number of sulfonamides is 1. The van der Waals surface area contributed by atoms with Crippen molar-refractivity contribution in [1.82, 2.24) is 4.31 Å². The normalized spacial score (nSPS) is 11.7. The Morgan fingerprint density at radius 1 is 1.21 bits per heavy atom. The third kappa shape index (κ3) is 5.15. The summed E-state index contributed by atoms with van der Waals surface area (Å²) in [6.45, 7) is 3.86. The zero-order valence-electron chi connectivity index (χ0n) is 15.8. The molecule has 2 rings (SSSR count). The number of hydrogen-bond donors (Lipinski definition) is 2. The van der Waals surface area contributed by atoms with E-state index >= 15 is 0 Å². The molecule has 0 saturated carbocycles. The molecule has 0 heterocycles. The molecular weight excluding hydrogens is 400 g/mol. The number of hydrazone groups is 1. The number of nitrogens with zero attached hydrogens (tertiary/aromatic N) is 3. The van der Waals surface area contributed by atoms with Crippen LogP contribution in [-0.2, 0) is 10.0 Å². The van der Waals surface area contributed by atoms with Gasteiger partial charge in [0.05, 0.1) is 21.6 Å². The van der Waals surface area contributed by atoms with Gasteiger partial charge in [-0.15, -0.1) is 0 Å². The number of hydrogen-bond acceptors (Lipinski definition) is 7. The predicted octanol–water partition coefficient (Wildman–Crippen LogP) is 2.77. The van der Waals surface area contributed by atoms with Crippen LogP contribution in [0.15, 0.2) is 52.5 Å². The molecule has 10 nitrogen and oxygen atoms in total. The number of rotatable bonds is 9. The highest BCUT2D eigenvalue weighted by Gasteiger charge is 2.25. The smallest absolute Gasteiger partial charge is 0.335 e. The van der Waals surface area contributed by atoms with Crippen molar-refractivity contribution in [3.63, 3.8) is 0 Å². The molecule has 0 amide bonds.